The smallest absolute Gasteiger partial charge is 0.271 e. The second kappa shape index (κ2) is 26.1. The van der Waals surface area contributed by atoms with E-state index in [2.05, 4.69) is 47.6 Å². The van der Waals surface area contributed by atoms with Gasteiger partial charge in [-0.1, -0.05) is 66.2 Å². The third kappa shape index (κ3) is 15.7. The predicted molar refractivity (Wildman–Crippen MR) is 240 cm³/mol. The Morgan fingerprint density at radius 2 is 1.61 bits per heavy atom. The van der Waals surface area contributed by atoms with Crippen LogP contribution in [0.15, 0.2) is 78.1 Å². The van der Waals surface area contributed by atoms with Gasteiger partial charge in [0.2, 0.25) is 0 Å². The molecule has 0 saturated carbocycles. The Hall–Kier alpha value is -4.47. The molecule has 5 rings (SSSR count). The minimum absolute atomic E-state index is 0.0489. The van der Waals surface area contributed by atoms with Gasteiger partial charge >= 0.3 is 0 Å². The third-order valence-electron chi connectivity index (χ3n) is 10.3. The molecule has 1 saturated heterocycles. The molecule has 2 heterocycles. The topological polar surface area (TPSA) is 91.3 Å². The maximum Gasteiger partial charge on any atom is 0.271 e. The van der Waals surface area contributed by atoms with Crippen molar-refractivity contribution in [1.29, 1.82) is 0 Å². The molecule has 1 aliphatic heterocycles. The molecule has 1 atom stereocenters. The van der Waals surface area contributed by atoms with Crippen molar-refractivity contribution >= 4 is 21.5 Å². The van der Waals surface area contributed by atoms with Gasteiger partial charge < -0.3 is 24.2 Å². The molecule has 340 valence electrons. The average Bonchev–Trinajstić information content (AvgIpc) is 3.27. The number of aryl methyl sites for hydroxylation is 1. The molecule has 0 N–H and O–H groups in total. The van der Waals surface area contributed by atoms with Gasteiger partial charge in [0.25, 0.3) is 15.9 Å². The molecule has 4 aromatic rings. The zero-order chi connectivity index (χ0) is 45.8. The Labute approximate surface area is 363 Å². The van der Waals surface area contributed by atoms with Crippen molar-refractivity contribution in [3.63, 3.8) is 0 Å². The van der Waals surface area contributed by atoms with Gasteiger partial charge in [0.05, 0.1) is 20.8 Å². The Morgan fingerprint density at radius 1 is 0.918 bits per heavy atom. The van der Waals surface area contributed by atoms with Gasteiger partial charge in [0.1, 0.15) is 35.3 Å². The second-order valence-electron chi connectivity index (χ2n) is 14.5. The molecule has 3 aromatic carbocycles. The summed E-state index contributed by atoms with van der Waals surface area (Å²) in [5, 5.41) is 0. The number of piperidine rings is 1. The number of likely N-dealkylation sites (N-methyl/N-ethyl adjacent to an activating group) is 1. The van der Waals surface area contributed by atoms with E-state index in [1.165, 1.54) is 64.8 Å². The Kier molecular flexibility index (Phi) is 22.5. The number of nitrogens with zero attached hydrogens (tertiary/aromatic N) is 6. The third-order valence-corrected chi connectivity index (χ3v) is 12.1. The van der Waals surface area contributed by atoms with Crippen LogP contribution in [-0.4, -0.2) is 95.3 Å². The first-order valence-corrected chi connectivity index (χ1v) is 22.6. The van der Waals surface area contributed by atoms with E-state index in [9.17, 15) is 17.2 Å². The Bertz CT molecular complexity index is 1970. The number of hydrogen-bond donors (Lipinski definition) is 0. The first-order valence-electron chi connectivity index (χ1n) is 21.1. The molecule has 1 unspecified atom stereocenters. The van der Waals surface area contributed by atoms with Crippen LogP contribution < -0.4 is 18.7 Å². The van der Waals surface area contributed by atoms with Crippen molar-refractivity contribution in [2.24, 2.45) is 0 Å². The quantitative estimate of drug-likeness (QED) is 0.102. The van der Waals surface area contributed by atoms with E-state index in [0.717, 1.165) is 54.7 Å². The highest BCUT2D eigenvalue weighted by Crippen LogP contribution is 2.34. The van der Waals surface area contributed by atoms with Crippen LogP contribution in [0.5, 0.6) is 11.5 Å². The van der Waals surface area contributed by atoms with Gasteiger partial charge in [-0.15, -0.1) is 0 Å². The summed E-state index contributed by atoms with van der Waals surface area (Å²) in [5.74, 6) is -4.26. The van der Waals surface area contributed by atoms with E-state index in [1.807, 2.05) is 38.8 Å². The lowest BCUT2D eigenvalue weighted by Gasteiger charge is -2.38. The van der Waals surface area contributed by atoms with E-state index in [4.69, 9.17) is 9.47 Å². The molecule has 0 bridgehead atoms. The molecule has 1 fully saturated rings. The highest BCUT2D eigenvalue weighted by Gasteiger charge is 2.34. The molecule has 61 heavy (non-hydrogen) atoms. The number of methoxy groups -OCH3 is 2. The lowest BCUT2D eigenvalue weighted by molar-refractivity contribution is 0.0174. The fourth-order valence-corrected chi connectivity index (χ4v) is 7.90. The van der Waals surface area contributed by atoms with Crippen LogP contribution in [0, 0.1) is 11.6 Å². The summed E-state index contributed by atoms with van der Waals surface area (Å²) in [7, 11) is 2.36. The number of halogens is 4. The predicted octanol–water partition coefficient (Wildman–Crippen LogP) is 10.2. The lowest BCUT2D eigenvalue weighted by Crippen LogP contribution is -2.46. The van der Waals surface area contributed by atoms with Crippen LogP contribution in [0.25, 0.3) is 0 Å². The molecular formula is C46H68F4N6O4S. The van der Waals surface area contributed by atoms with E-state index in [-0.39, 0.29) is 24.0 Å². The van der Waals surface area contributed by atoms with Gasteiger partial charge in [-0.05, 0) is 95.3 Å². The molecular weight excluding hydrogens is 809 g/mol. The number of rotatable bonds is 16. The number of sulfonamides is 1. The first-order chi connectivity index (χ1) is 29.0. The summed E-state index contributed by atoms with van der Waals surface area (Å²) in [5.41, 5.74) is 1.80. The molecule has 1 aliphatic rings. The average molecular weight is 877 g/mol. The van der Waals surface area contributed by atoms with Gasteiger partial charge in [0, 0.05) is 61.2 Å². The van der Waals surface area contributed by atoms with Crippen LogP contribution >= 0.6 is 0 Å². The summed E-state index contributed by atoms with van der Waals surface area (Å²) < 4.78 is 95.9. The van der Waals surface area contributed by atoms with Crippen molar-refractivity contribution in [2.45, 2.75) is 104 Å². The monoisotopic (exact) mass is 876 g/mol. The summed E-state index contributed by atoms with van der Waals surface area (Å²) >= 11 is 0. The zero-order valence-electron chi connectivity index (χ0n) is 38.0. The molecule has 10 nitrogen and oxygen atoms in total. The highest BCUT2D eigenvalue weighted by atomic mass is 32.2. The SMILES string of the molecule is CC.CCCCN(C)CC.CCN(C)C1CCCN(c2cc(F)c(S(=O)(=O)N(Cc3ccc(OC)cc3OC)c3ccncn3)c(F)c2)C1.CCc1cccc(C(C)(F)F)c1. The molecule has 0 spiro atoms. The summed E-state index contributed by atoms with van der Waals surface area (Å²) in [4.78, 5) is 13.3. The largest absolute Gasteiger partial charge is 0.497 e. The maximum atomic E-state index is 15.6. The Balaban J connectivity index is 0.000000476. The summed E-state index contributed by atoms with van der Waals surface area (Å²) in [6.45, 7) is 17.6. The number of alkyl halides is 2. The molecule has 15 heteroatoms. The van der Waals surface area contributed by atoms with E-state index < -0.39 is 32.5 Å². The van der Waals surface area contributed by atoms with E-state index >= 15 is 8.78 Å². The van der Waals surface area contributed by atoms with Crippen LogP contribution in [0.2, 0.25) is 0 Å². The van der Waals surface area contributed by atoms with Crippen molar-refractivity contribution in [1.82, 2.24) is 19.8 Å². The number of unbranched alkanes of at least 4 members (excludes halogenated alkanes) is 1. The second-order valence-corrected chi connectivity index (χ2v) is 16.3. The minimum atomic E-state index is -4.75. The van der Waals surface area contributed by atoms with Gasteiger partial charge in [0.15, 0.2) is 4.90 Å². The van der Waals surface area contributed by atoms with Crippen LogP contribution in [0.3, 0.4) is 0 Å². The lowest BCUT2D eigenvalue weighted by atomic mass is 10.0. The fraction of sp³-hybridized carbons (Fsp3) is 0.522. The zero-order valence-corrected chi connectivity index (χ0v) is 38.8. The Morgan fingerprint density at radius 3 is 2.15 bits per heavy atom. The molecule has 0 amide bonds. The van der Waals surface area contributed by atoms with Gasteiger partial charge in [-0.25, -0.2) is 40.3 Å². The number of ether oxygens (including phenoxy) is 2. The number of benzene rings is 3. The van der Waals surface area contributed by atoms with Crippen molar-refractivity contribution in [3.05, 3.63) is 102 Å². The van der Waals surface area contributed by atoms with Crippen molar-refractivity contribution in [2.75, 3.05) is 70.2 Å². The fourth-order valence-electron chi connectivity index (χ4n) is 6.40. The summed E-state index contributed by atoms with van der Waals surface area (Å²) in [6.07, 6.45) is 7.81. The molecule has 0 aliphatic carbocycles. The number of anilines is 2. The first kappa shape index (κ1) is 52.7. The minimum Gasteiger partial charge on any atom is -0.497 e. The molecule has 0 radical (unpaired) electrons. The van der Waals surface area contributed by atoms with Crippen LogP contribution in [0.4, 0.5) is 29.1 Å². The normalized spacial score (nSPS) is 13.9. The van der Waals surface area contributed by atoms with E-state index in [0.29, 0.717) is 35.8 Å². The summed E-state index contributed by atoms with van der Waals surface area (Å²) in [6, 6.07) is 15.2. The number of hydrogen-bond acceptors (Lipinski definition) is 9. The van der Waals surface area contributed by atoms with Crippen LogP contribution in [0.1, 0.15) is 90.8 Å². The standard InChI is InChI=1S/C27H33F2N5O4S.C10H12F2.C7H17N.C2H6/c1-5-32(2)20-7-6-12-33(17-20)21-13-23(28)27(24(29)14-21)39(35,36)34(26-10-11-30-18-31-26)16-19-8-9-22(37-3)15-25(19)38-4;1-3-8-5-4-6-9(7-8)10(2,11)12;1-4-6-7-8(3)5-2;1-2/h8-11,13-15,18,20H,5-7,12,16-17H2,1-4H3;4-7H,3H2,1-2H3;4-7H2,1-3H3;1-2H3. The van der Waals surface area contributed by atoms with Gasteiger partial charge in [-0.2, -0.15) is 0 Å². The van der Waals surface area contributed by atoms with E-state index in [1.54, 1.807) is 30.3 Å². The molecule has 1 aromatic heterocycles. The van der Waals surface area contributed by atoms with Crippen LogP contribution in [-0.2, 0) is 28.9 Å². The highest BCUT2D eigenvalue weighted by molar-refractivity contribution is 7.92. The van der Waals surface area contributed by atoms with Crippen molar-refractivity contribution < 1.29 is 35.5 Å². The van der Waals surface area contributed by atoms with Gasteiger partial charge in [-0.3, -0.25) is 0 Å². The number of aromatic nitrogens is 2. The maximum absolute atomic E-state index is 15.6. The van der Waals surface area contributed by atoms with Crippen molar-refractivity contribution in [3.8, 4) is 11.5 Å².